The van der Waals surface area contributed by atoms with Crippen molar-refractivity contribution in [3.05, 3.63) is 34.8 Å². The maximum absolute atomic E-state index is 12.0. The van der Waals surface area contributed by atoms with Crippen molar-refractivity contribution in [3.63, 3.8) is 0 Å². The van der Waals surface area contributed by atoms with Crippen molar-refractivity contribution in [1.29, 1.82) is 0 Å². The second kappa shape index (κ2) is 5.51. The highest BCUT2D eigenvalue weighted by Crippen LogP contribution is 2.18. The summed E-state index contributed by atoms with van der Waals surface area (Å²) in [6.45, 7) is 3.82. The number of nitrogens with one attached hydrogen (secondary N) is 3. The fraction of sp³-hybridized carbons (Fsp3) is 0.429. The lowest BCUT2D eigenvalue weighted by Gasteiger charge is -2.22. The largest absolute Gasteiger partial charge is 0.335 e. The van der Waals surface area contributed by atoms with Crippen LogP contribution in [0.5, 0.6) is 0 Å². The van der Waals surface area contributed by atoms with Crippen LogP contribution in [-0.2, 0) is 12.8 Å². The second-order valence-corrected chi connectivity index (χ2v) is 5.41. The number of aryl methyl sites for hydroxylation is 3. The van der Waals surface area contributed by atoms with Gasteiger partial charge in [0.25, 0.3) is 0 Å². The van der Waals surface area contributed by atoms with Crippen LogP contribution in [0, 0.1) is 13.8 Å². The summed E-state index contributed by atoms with van der Waals surface area (Å²) in [6.07, 6.45) is 4.44. The molecule has 110 valence electrons. The van der Waals surface area contributed by atoms with Crippen LogP contribution in [-0.4, -0.2) is 32.5 Å². The van der Waals surface area contributed by atoms with E-state index in [-0.39, 0.29) is 12.1 Å². The number of nitrogens with zero attached hydrogens (tertiary/aromatic N) is 3. The van der Waals surface area contributed by atoms with Gasteiger partial charge in [-0.25, -0.2) is 4.79 Å². The lowest BCUT2D eigenvalue weighted by Crippen LogP contribution is -2.41. The summed E-state index contributed by atoms with van der Waals surface area (Å²) >= 11 is 0. The molecule has 3 N–H and O–H groups in total. The van der Waals surface area contributed by atoms with Gasteiger partial charge in [0.1, 0.15) is 0 Å². The van der Waals surface area contributed by atoms with Gasteiger partial charge in [-0.15, -0.1) is 5.10 Å². The zero-order chi connectivity index (χ0) is 14.8. The van der Waals surface area contributed by atoms with Crippen molar-refractivity contribution in [2.75, 3.05) is 5.32 Å². The lowest BCUT2D eigenvalue weighted by molar-refractivity contribution is 0.247. The minimum Gasteiger partial charge on any atom is -0.335 e. The van der Waals surface area contributed by atoms with Gasteiger partial charge in [-0.3, -0.25) is 10.4 Å². The standard InChI is InChI=1S/C14H18N6O/c1-8-5-13(20-18-9(8)2)17-14(21)16-11-3-4-12-10(6-11)7-15-19-12/h5,7,11H,3-4,6H2,1-2H3,(H,15,19)(H2,16,17,20,21). The van der Waals surface area contributed by atoms with Gasteiger partial charge in [0.15, 0.2) is 5.82 Å². The van der Waals surface area contributed by atoms with E-state index in [0.29, 0.717) is 5.82 Å². The van der Waals surface area contributed by atoms with E-state index in [1.54, 1.807) is 0 Å². The van der Waals surface area contributed by atoms with Crippen molar-refractivity contribution < 1.29 is 4.79 Å². The molecule has 2 heterocycles. The van der Waals surface area contributed by atoms with E-state index in [1.807, 2.05) is 26.1 Å². The number of carbonyl (C=O) groups excluding carboxylic acids is 1. The number of urea groups is 1. The van der Waals surface area contributed by atoms with Crippen LogP contribution in [0.3, 0.4) is 0 Å². The van der Waals surface area contributed by atoms with Gasteiger partial charge in [0.2, 0.25) is 0 Å². The predicted molar refractivity (Wildman–Crippen MR) is 78.1 cm³/mol. The molecule has 0 radical (unpaired) electrons. The summed E-state index contributed by atoms with van der Waals surface area (Å²) in [5, 5.41) is 20.7. The van der Waals surface area contributed by atoms with E-state index < -0.39 is 0 Å². The molecule has 2 aromatic rings. The summed E-state index contributed by atoms with van der Waals surface area (Å²) in [5.74, 6) is 0.468. The Hall–Kier alpha value is -2.44. The second-order valence-electron chi connectivity index (χ2n) is 5.41. The first-order chi connectivity index (χ1) is 10.1. The van der Waals surface area contributed by atoms with Gasteiger partial charge < -0.3 is 5.32 Å². The van der Waals surface area contributed by atoms with E-state index in [1.165, 1.54) is 11.3 Å². The molecular weight excluding hydrogens is 268 g/mol. The Morgan fingerprint density at radius 3 is 3.05 bits per heavy atom. The molecule has 0 saturated carbocycles. The number of amides is 2. The highest BCUT2D eigenvalue weighted by molar-refractivity contribution is 5.88. The Bertz CT molecular complexity index is 665. The zero-order valence-electron chi connectivity index (χ0n) is 12.1. The summed E-state index contributed by atoms with van der Waals surface area (Å²) in [5.41, 5.74) is 4.22. The van der Waals surface area contributed by atoms with E-state index in [2.05, 4.69) is 31.0 Å². The van der Waals surface area contributed by atoms with Crippen LogP contribution in [0.25, 0.3) is 0 Å². The average Bonchev–Trinajstić information content (AvgIpc) is 2.90. The third-order valence-electron chi connectivity index (χ3n) is 3.83. The molecule has 0 saturated heterocycles. The van der Waals surface area contributed by atoms with E-state index >= 15 is 0 Å². The molecule has 0 bridgehead atoms. The quantitative estimate of drug-likeness (QED) is 0.779. The van der Waals surface area contributed by atoms with Crippen molar-refractivity contribution in [1.82, 2.24) is 25.7 Å². The minimum absolute atomic E-state index is 0.120. The maximum Gasteiger partial charge on any atom is 0.320 e. The van der Waals surface area contributed by atoms with Crippen LogP contribution >= 0.6 is 0 Å². The van der Waals surface area contributed by atoms with Gasteiger partial charge in [-0.05, 0) is 50.3 Å². The van der Waals surface area contributed by atoms with Crippen LogP contribution in [0.1, 0.15) is 28.9 Å². The van der Waals surface area contributed by atoms with Crippen LogP contribution in [0.15, 0.2) is 12.3 Å². The number of aromatic amines is 1. The molecule has 0 aromatic carbocycles. The van der Waals surface area contributed by atoms with Crippen molar-refractivity contribution in [2.24, 2.45) is 0 Å². The molecule has 1 unspecified atom stereocenters. The van der Waals surface area contributed by atoms with Crippen LogP contribution in [0.4, 0.5) is 10.6 Å². The number of fused-ring (bicyclic) bond motifs is 1. The summed E-state index contributed by atoms with van der Waals surface area (Å²) in [7, 11) is 0. The number of hydrogen-bond donors (Lipinski definition) is 3. The van der Waals surface area contributed by atoms with E-state index in [0.717, 1.165) is 30.5 Å². The fourth-order valence-corrected chi connectivity index (χ4v) is 2.48. The monoisotopic (exact) mass is 286 g/mol. The third kappa shape index (κ3) is 3.01. The molecule has 1 aliphatic rings. The van der Waals surface area contributed by atoms with Gasteiger partial charge >= 0.3 is 6.03 Å². The Morgan fingerprint density at radius 1 is 1.38 bits per heavy atom. The Balaban J connectivity index is 1.58. The van der Waals surface area contributed by atoms with E-state index in [4.69, 9.17) is 0 Å². The molecular formula is C14H18N6O. The first-order valence-corrected chi connectivity index (χ1v) is 7.01. The molecule has 21 heavy (non-hydrogen) atoms. The Morgan fingerprint density at radius 2 is 2.24 bits per heavy atom. The molecule has 2 amide bonds. The molecule has 0 fully saturated rings. The van der Waals surface area contributed by atoms with Crippen molar-refractivity contribution in [2.45, 2.75) is 39.2 Å². The molecule has 1 aliphatic carbocycles. The molecule has 0 spiro atoms. The van der Waals surface area contributed by atoms with Crippen LogP contribution < -0.4 is 10.6 Å². The molecule has 2 aromatic heterocycles. The number of hydrogen-bond acceptors (Lipinski definition) is 4. The SMILES string of the molecule is Cc1cc(NC(=O)NC2CCc3[nH]ncc3C2)nnc1C. The highest BCUT2D eigenvalue weighted by Gasteiger charge is 2.21. The first-order valence-electron chi connectivity index (χ1n) is 7.01. The van der Waals surface area contributed by atoms with Gasteiger partial charge in [-0.2, -0.15) is 10.2 Å². The predicted octanol–water partition coefficient (Wildman–Crippen LogP) is 1.50. The number of H-pyrrole nitrogens is 1. The number of rotatable bonds is 2. The van der Waals surface area contributed by atoms with Crippen molar-refractivity contribution in [3.8, 4) is 0 Å². The molecule has 0 aliphatic heterocycles. The molecule has 7 heteroatoms. The molecule has 3 rings (SSSR count). The van der Waals surface area contributed by atoms with Gasteiger partial charge in [-0.1, -0.05) is 0 Å². The first kappa shape index (κ1) is 13.5. The molecule has 1 atom stereocenters. The maximum atomic E-state index is 12.0. The fourth-order valence-electron chi connectivity index (χ4n) is 2.48. The zero-order valence-corrected chi connectivity index (χ0v) is 12.1. The number of aromatic nitrogens is 4. The normalized spacial score (nSPS) is 17.1. The summed E-state index contributed by atoms with van der Waals surface area (Å²) in [6, 6.07) is 1.69. The van der Waals surface area contributed by atoms with Gasteiger partial charge in [0, 0.05) is 11.7 Å². The van der Waals surface area contributed by atoms with Crippen LogP contribution in [0.2, 0.25) is 0 Å². The Kier molecular flexibility index (Phi) is 3.55. The van der Waals surface area contributed by atoms with Gasteiger partial charge in [0.05, 0.1) is 11.9 Å². The number of carbonyl (C=O) groups is 1. The minimum atomic E-state index is -0.246. The lowest BCUT2D eigenvalue weighted by atomic mass is 9.94. The van der Waals surface area contributed by atoms with Crippen molar-refractivity contribution >= 4 is 11.8 Å². The molecule has 7 nitrogen and oxygen atoms in total. The Labute approximate surface area is 122 Å². The topological polar surface area (TPSA) is 95.6 Å². The number of anilines is 1. The van der Waals surface area contributed by atoms with E-state index in [9.17, 15) is 4.79 Å². The third-order valence-corrected chi connectivity index (χ3v) is 3.83. The highest BCUT2D eigenvalue weighted by atomic mass is 16.2. The average molecular weight is 286 g/mol. The summed E-state index contributed by atoms with van der Waals surface area (Å²) < 4.78 is 0. The smallest absolute Gasteiger partial charge is 0.320 e. The summed E-state index contributed by atoms with van der Waals surface area (Å²) in [4.78, 5) is 12.0.